The average molecular weight is 263 g/mol. The molecule has 1 atom stereocenters. The number of hydrazine groups is 1. The molecule has 0 aliphatic heterocycles. The zero-order chi connectivity index (χ0) is 13.8. The molecular weight excluding hydrogens is 246 g/mol. The van der Waals surface area contributed by atoms with Gasteiger partial charge in [0.25, 0.3) is 0 Å². The molecule has 3 heteroatoms. The third kappa shape index (κ3) is 2.69. The van der Waals surface area contributed by atoms with E-state index in [1.165, 1.54) is 5.56 Å². The minimum Gasteiger partial charge on any atom is -0.271 e. The molecule has 1 unspecified atom stereocenters. The van der Waals surface area contributed by atoms with Crippen molar-refractivity contribution in [1.82, 2.24) is 10.4 Å². The number of benzene rings is 2. The Morgan fingerprint density at radius 2 is 1.85 bits per heavy atom. The lowest BCUT2D eigenvalue weighted by Gasteiger charge is -2.17. The molecule has 0 amide bonds. The van der Waals surface area contributed by atoms with Crippen LogP contribution in [0.15, 0.2) is 66.9 Å². The van der Waals surface area contributed by atoms with Crippen LogP contribution >= 0.6 is 0 Å². The average Bonchev–Trinajstić information content (AvgIpc) is 2.53. The molecule has 0 spiro atoms. The first-order valence-electron chi connectivity index (χ1n) is 6.71. The maximum Gasteiger partial charge on any atom is 0.0705 e. The maximum absolute atomic E-state index is 5.73. The molecule has 1 heterocycles. The normalized spacial score (nSPS) is 12.4. The van der Waals surface area contributed by atoms with E-state index in [2.05, 4.69) is 46.8 Å². The van der Waals surface area contributed by atoms with Crippen LogP contribution in [0.5, 0.6) is 0 Å². The number of hydrogen-bond donors (Lipinski definition) is 2. The van der Waals surface area contributed by atoms with Crippen LogP contribution < -0.4 is 11.3 Å². The van der Waals surface area contributed by atoms with Crippen molar-refractivity contribution < 1.29 is 0 Å². The predicted molar refractivity (Wildman–Crippen MR) is 82.0 cm³/mol. The summed E-state index contributed by atoms with van der Waals surface area (Å²) in [5.41, 5.74) is 6.32. The lowest BCUT2D eigenvalue weighted by Crippen LogP contribution is -2.29. The molecule has 3 aromatic rings. The van der Waals surface area contributed by atoms with Gasteiger partial charge in [-0.25, -0.2) is 0 Å². The lowest BCUT2D eigenvalue weighted by molar-refractivity contribution is 0.552. The maximum atomic E-state index is 5.73. The molecule has 3 N–H and O–H groups in total. The largest absolute Gasteiger partial charge is 0.271 e. The summed E-state index contributed by atoms with van der Waals surface area (Å²) >= 11 is 0. The number of aromatic nitrogens is 1. The predicted octanol–water partition coefficient (Wildman–Crippen LogP) is 2.98. The van der Waals surface area contributed by atoms with Gasteiger partial charge in [0.05, 0.1) is 11.6 Å². The third-order valence-corrected chi connectivity index (χ3v) is 3.52. The van der Waals surface area contributed by atoms with E-state index in [4.69, 9.17) is 5.84 Å². The van der Waals surface area contributed by atoms with E-state index in [0.29, 0.717) is 0 Å². The SMILES string of the molecule is NNC(Cc1ccccc1)c1ccc2cccnc2c1. The first-order valence-corrected chi connectivity index (χ1v) is 6.71. The van der Waals surface area contributed by atoms with Gasteiger partial charge in [0.2, 0.25) is 0 Å². The van der Waals surface area contributed by atoms with Crippen molar-refractivity contribution in [3.8, 4) is 0 Å². The van der Waals surface area contributed by atoms with Gasteiger partial charge in [0.15, 0.2) is 0 Å². The Hall–Kier alpha value is -2.23. The highest BCUT2D eigenvalue weighted by Gasteiger charge is 2.11. The number of rotatable bonds is 4. The van der Waals surface area contributed by atoms with Crippen molar-refractivity contribution >= 4 is 10.9 Å². The summed E-state index contributed by atoms with van der Waals surface area (Å²) in [6.45, 7) is 0. The smallest absolute Gasteiger partial charge is 0.0705 e. The van der Waals surface area contributed by atoms with Crippen molar-refractivity contribution in [2.75, 3.05) is 0 Å². The molecule has 0 aliphatic rings. The molecule has 20 heavy (non-hydrogen) atoms. The number of nitrogens with one attached hydrogen (secondary N) is 1. The number of pyridine rings is 1. The standard InChI is InChI=1S/C17H17N3/c18-20-17(11-13-5-2-1-3-6-13)15-9-8-14-7-4-10-19-16(14)12-15/h1-10,12,17,20H,11,18H2. The van der Waals surface area contributed by atoms with Gasteiger partial charge >= 0.3 is 0 Å². The number of nitrogens with zero attached hydrogens (tertiary/aromatic N) is 1. The molecule has 100 valence electrons. The molecule has 3 nitrogen and oxygen atoms in total. The minimum atomic E-state index is 0.0869. The second kappa shape index (κ2) is 5.82. The van der Waals surface area contributed by atoms with Crippen molar-refractivity contribution in [2.24, 2.45) is 5.84 Å². The van der Waals surface area contributed by atoms with Gasteiger partial charge in [0.1, 0.15) is 0 Å². The number of hydrogen-bond acceptors (Lipinski definition) is 3. The summed E-state index contributed by atoms with van der Waals surface area (Å²) in [5.74, 6) is 5.73. The Kier molecular flexibility index (Phi) is 3.72. The van der Waals surface area contributed by atoms with Crippen LogP contribution in [0.2, 0.25) is 0 Å². The van der Waals surface area contributed by atoms with Gasteiger partial charge in [0, 0.05) is 11.6 Å². The molecule has 0 radical (unpaired) electrons. The second-order valence-corrected chi connectivity index (χ2v) is 4.86. The molecule has 3 rings (SSSR count). The van der Waals surface area contributed by atoms with Crippen molar-refractivity contribution in [3.63, 3.8) is 0 Å². The van der Waals surface area contributed by atoms with E-state index >= 15 is 0 Å². The summed E-state index contributed by atoms with van der Waals surface area (Å²) in [4.78, 5) is 4.40. The highest BCUT2D eigenvalue weighted by atomic mass is 15.2. The monoisotopic (exact) mass is 263 g/mol. The van der Waals surface area contributed by atoms with E-state index in [1.807, 2.05) is 30.5 Å². The highest BCUT2D eigenvalue weighted by molar-refractivity contribution is 5.79. The van der Waals surface area contributed by atoms with E-state index in [1.54, 1.807) is 0 Å². The molecule has 0 fully saturated rings. The number of fused-ring (bicyclic) bond motifs is 1. The quantitative estimate of drug-likeness (QED) is 0.562. The Bertz CT molecular complexity index is 695. The van der Waals surface area contributed by atoms with Crippen molar-refractivity contribution in [2.45, 2.75) is 12.5 Å². The van der Waals surface area contributed by atoms with Crippen LogP contribution in [0.1, 0.15) is 17.2 Å². The Labute approximate surface area is 118 Å². The van der Waals surface area contributed by atoms with Crippen LogP contribution in [0.3, 0.4) is 0 Å². The summed E-state index contributed by atoms with van der Waals surface area (Å²) < 4.78 is 0. The van der Waals surface area contributed by atoms with Crippen LogP contribution in [-0.4, -0.2) is 4.98 Å². The zero-order valence-electron chi connectivity index (χ0n) is 11.2. The zero-order valence-corrected chi connectivity index (χ0v) is 11.2. The molecule has 0 saturated heterocycles. The van der Waals surface area contributed by atoms with Crippen LogP contribution in [0.25, 0.3) is 10.9 Å². The molecule has 2 aromatic carbocycles. The minimum absolute atomic E-state index is 0.0869. The molecule has 1 aromatic heterocycles. The van der Waals surface area contributed by atoms with E-state index in [-0.39, 0.29) is 6.04 Å². The first-order chi connectivity index (χ1) is 9.86. The molecule has 0 saturated carbocycles. The van der Waals surface area contributed by atoms with Gasteiger partial charge in [-0.3, -0.25) is 16.3 Å². The Balaban J connectivity index is 1.91. The highest BCUT2D eigenvalue weighted by Crippen LogP contribution is 2.21. The molecule has 0 aliphatic carbocycles. The van der Waals surface area contributed by atoms with Gasteiger partial charge in [-0.1, -0.05) is 48.5 Å². The second-order valence-electron chi connectivity index (χ2n) is 4.86. The fourth-order valence-corrected chi connectivity index (χ4v) is 2.42. The molecule has 0 bridgehead atoms. The Morgan fingerprint density at radius 1 is 1.00 bits per heavy atom. The Morgan fingerprint density at radius 3 is 2.65 bits per heavy atom. The van der Waals surface area contributed by atoms with Crippen molar-refractivity contribution in [3.05, 3.63) is 78.0 Å². The van der Waals surface area contributed by atoms with Crippen LogP contribution in [-0.2, 0) is 6.42 Å². The fraction of sp³-hybridized carbons (Fsp3) is 0.118. The van der Waals surface area contributed by atoms with E-state index in [9.17, 15) is 0 Å². The number of nitrogens with two attached hydrogens (primary N) is 1. The summed E-state index contributed by atoms with van der Waals surface area (Å²) in [6, 6.07) is 20.7. The van der Waals surface area contributed by atoms with Crippen molar-refractivity contribution in [1.29, 1.82) is 0 Å². The summed E-state index contributed by atoms with van der Waals surface area (Å²) in [7, 11) is 0. The van der Waals surface area contributed by atoms with Gasteiger partial charge in [-0.05, 0) is 29.7 Å². The lowest BCUT2D eigenvalue weighted by atomic mass is 9.98. The van der Waals surface area contributed by atoms with Gasteiger partial charge < -0.3 is 0 Å². The van der Waals surface area contributed by atoms with Crippen LogP contribution in [0.4, 0.5) is 0 Å². The van der Waals surface area contributed by atoms with Crippen LogP contribution in [0, 0.1) is 0 Å². The topological polar surface area (TPSA) is 50.9 Å². The first kappa shape index (κ1) is 12.8. The summed E-state index contributed by atoms with van der Waals surface area (Å²) in [5, 5.41) is 1.15. The van der Waals surface area contributed by atoms with E-state index < -0.39 is 0 Å². The fourth-order valence-electron chi connectivity index (χ4n) is 2.42. The van der Waals surface area contributed by atoms with E-state index in [0.717, 1.165) is 22.9 Å². The third-order valence-electron chi connectivity index (χ3n) is 3.52. The molecular formula is C17H17N3. The summed E-state index contributed by atoms with van der Waals surface area (Å²) in [6.07, 6.45) is 2.67. The van der Waals surface area contributed by atoms with Gasteiger partial charge in [-0.15, -0.1) is 0 Å². The van der Waals surface area contributed by atoms with Gasteiger partial charge in [-0.2, -0.15) is 0 Å².